The Balaban J connectivity index is 1.62. The van der Waals surface area contributed by atoms with Crippen LogP contribution in [-0.2, 0) is 10.3 Å². The molecule has 1 aliphatic heterocycles. The number of piperidine rings is 1. The van der Waals surface area contributed by atoms with Gasteiger partial charge >= 0.3 is 6.09 Å². The van der Waals surface area contributed by atoms with Crippen molar-refractivity contribution in [2.45, 2.75) is 44.8 Å². The molecule has 1 amide bonds. The van der Waals surface area contributed by atoms with Crippen molar-refractivity contribution in [1.29, 1.82) is 0 Å². The summed E-state index contributed by atoms with van der Waals surface area (Å²) >= 11 is 0. The van der Waals surface area contributed by atoms with Gasteiger partial charge in [0.05, 0.1) is 0 Å². The third kappa shape index (κ3) is 5.19. The molecule has 0 bridgehead atoms. The number of H-pyrrole nitrogens is 1. The maximum atomic E-state index is 12.6. The number of hydrogen-bond donors (Lipinski definition) is 2. The number of pyridine rings is 1. The molecule has 1 aromatic carbocycles. The van der Waals surface area contributed by atoms with Crippen LogP contribution < -0.4 is 5.32 Å². The second-order valence-corrected chi connectivity index (χ2v) is 9.18. The fourth-order valence-electron chi connectivity index (χ4n) is 3.90. The first-order valence-corrected chi connectivity index (χ1v) is 10.9. The second kappa shape index (κ2) is 9.01. The third-order valence-electron chi connectivity index (χ3n) is 5.57. The lowest BCUT2D eigenvalue weighted by molar-refractivity contribution is 0.0172. The number of carbonyl (C=O) groups excluding carboxylic acids is 2. The van der Waals surface area contributed by atoms with Gasteiger partial charge in [-0.1, -0.05) is 12.1 Å². The van der Waals surface area contributed by atoms with Crippen LogP contribution in [0.3, 0.4) is 0 Å². The van der Waals surface area contributed by atoms with Crippen LogP contribution >= 0.6 is 0 Å². The zero-order valence-corrected chi connectivity index (χ0v) is 19.0. The quantitative estimate of drug-likeness (QED) is 0.567. The van der Waals surface area contributed by atoms with Gasteiger partial charge in [-0.15, -0.1) is 10.2 Å². The van der Waals surface area contributed by atoms with E-state index in [1.54, 1.807) is 29.4 Å². The molecule has 0 unspecified atom stereocenters. The minimum atomic E-state index is -0.599. The Morgan fingerprint density at radius 2 is 1.88 bits per heavy atom. The lowest BCUT2D eigenvalue weighted by atomic mass is 9.86. The van der Waals surface area contributed by atoms with Crippen LogP contribution in [0.15, 0.2) is 48.8 Å². The lowest BCUT2D eigenvalue weighted by Gasteiger charge is -2.41. The zero-order chi connectivity index (χ0) is 23.5. The zero-order valence-electron chi connectivity index (χ0n) is 19.0. The molecule has 3 aromatic rings. The van der Waals surface area contributed by atoms with Gasteiger partial charge in [-0.3, -0.25) is 9.78 Å². The predicted octanol–water partition coefficient (Wildman–Crippen LogP) is 4.02. The molecule has 4 rings (SSSR count). The summed E-state index contributed by atoms with van der Waals surface area (Å²) < 4.78 is 5.55. The summed E-state index contributed by atoms with van der Waals surface area (Å²) in [6, 6.07) is 11.0. The topological polar surface area (TPSA) is 113 Å². The van der Waals surface area contributed by atoms with E-state index in [1.807, 2.05) is 45.0 Å². The van der Waals surface area contributed by atoms with E-state index < -0.39 is 11.1 Å². The summed E-state index contributed by atoms with van der Waals surface area (Å²) in [6.07, 6.45) is 5.07. The fourth-order valence-corrected chi connectivity index (χ4v) is 3.90. The van der Waals surface area contributed by atoms with Gasteiger partial charge in [0.1, 0.15) is 17.4 Å². The minimum absolute atomic E-state index is 0.325. The summed E-state index contributed by atoms with van der Waals surface area (Å²) in [7, 11) is 0. The van der Waals surface area contributed by atoms with Crippen LogP contribution in [0.1, 0.15) is 49.8 Å². The maximum Gasteiger partial charge on any atom is 0.410 e. The molecule has 9 nitrogen and oxygen atoms in total. The summed E-state index contributed by atoms with van der Waals surface area (Å²) in [5.41, 5.74) is 1.11. The van der Waals surface area contributed by atoms with Crippen LogP contribution in [-0.4, -0.2) is 56.1 Å². The molecular weight excluding hydrogens is 420 g/mol. The molecule has 0 atom stereocenters. The summed E-state index contributed by atoms with van der Waals surface area (Å²) in [6.45, 7) is 6.54. The standard InChI is InChI=1S/C24H28N6O3/c1-23(2,3)33-22(32)30-13-9-24(10-14-30,27-19-6-4-5-17(15-19)16-31)21-26-20(28-29-21)18-7-11-25-12-8-18/h4-8,11-12,15-16,27H,9-10,13-14H2,1-3H3,(H,26,28,29). The maximum absolute atomic E-state index is 12.6. The van der Waals surface area contributed by atoms with E-state index in [1.165, 1.54) is 0 Å². The largest absolute Gasteiger partial charge is 0.444 e. The smallest absolute Gasteiger partial charge is 0.410 e. The number of nitrogens with zero attached hydrogens (tertiary/aromatic N) is 4. The van der Waals surface area contributed by atoms with Crippen LogP contribution in [0.2, 0.25) is 0 Å². The minimum Gasteiger partial charge on any atom is -0.444 e. The Labute approximate surface area is 192 Å². The molecule has 0 saturated carbocycles. The molecular formula is C24H28N6O3. The number of benzene rings is 1. The Morgan fingerprint density at radius 1 is 1.15 bits per heavy atom. The summed E-state index contributed by atoms with van der Waals surface area (Å²) in [4.78, 5) is 33.0. The van der Waals surface area contributed by atoms with Crippen LogP contribution in [0, 0.1) is 0 Å². The van der Waals surface area contributed by atoms with Crippen molar-refractivity contribution in [2.75, 3.05) is 18.4 Å². The van der Waals surface area contributed by atoms with Gasteiger partial charge in [-0.2, -0.15) is 0 Å². The molecule has 3 heterocycles. The van der Waals surface area contributed by atoms with Crippen molar-refractivity contribution in [3.63, 3.8) is 0 Å². The van der Waals surface area contributed by atoms with E-state index >= 15 is 0 Å². The van der Waals surface area contributed by atoms with Gasteiger partial charge in [0, 0.05) is 42.3 Å². The number of carbonyl (C=O) groups is 2. The molecule has 0 aliphatic carbocycles. The Bertz CT molecular complexity index is 1110. The van der Waals surface area contributed by atoms with Crippen LogP contribution in [0.25, 0.3) is 11.4 Å². The van der Waals surface area contributed by atoms with Gasteiger partial charge in [0.25, 0.3) is 0 Å². The van der Waals surface area contributed by atoms with E-state index in [0.717, 1.165) is 17.5 Å². The van der Waals surface area contributed by atoms with Gasteiger partial charge in [0.15, 0.2) is 11.6 Å². The van der Waals surface area contributed by atoms with E-state index in [0.29, 0.717) is 43.1 Å². The van der Waals surface area contributed by atoms with Gasteiger partial charge in [-0.25, -0.2) is 4.79 Å². The number of nitrogens with one attached hydrogen (secondary N) is 2. The van der Waals surface area contributed by atoms with Crippen molar-refractivity contribution in [2.24, 2.45) is 0 Å². The number of aromatic nitrogens is 4. The van der Waals surface area contributed by atoms with Crippen LogP contribution in [0.5, 0.6) is 0 Å². The number of anilines is 1. The van der Waals surface area contributed by atoms with Gasteiger partial charge in [-0.05, 0) is 57.9 Å². The van der Waals surface area contributed by atoms with E-state index in [2.05, 4.69) is 25.5 Å². The van der Waals surface area contributed by atoms with Gasteiger partial charge in [0.2, 0.25) is 0 Å². The van der Waals surface area contributed by atoms with E-state index in [-0.39, 0.29) is 6.09 Å². The number of rotatable bonds is 5. The Hall–Kier alpha value is -3.75. The average molecular weight is 449 g/mol. The molecule has 0 spiro atoms. The molecule has 2 N–H and O–H groups in total. The highest BCUT2D eigenvalue weighted by molar-refractivity contribution is 5.77. The molecule has 1 fully saturated rings. The summed E-state index contributed by atoms with van der Waals surface area (Å²) in [5.74, 6) is 1.32. The molecule has 9 heteroatoms. The van der Waals surface area contributed by atoms with Crippen molar-refractivity contribution < 1.29 is 14.3 Å². The molecule has 2 aromatic heterocycles. The lowest BCUT2D eigenvalue weighted by Crippen LogP contribution is -2.50. The van der Waals surface area contributed by atoms with Crippen molar-refractivity contribution >= 4 is 18.1 Å². The van der Waals surface area contributed by atoms with Crippen molar-refractivity contribution in [3.05, 3.63) is 60.2 Å². The first-order chi connectivity index (χ1) is 15.8. The number of aldehydes is 1. The first-order valence-electron chi connectivity index (χ1n) is 10.9. The molecule has 0 radical (unpaired) electrons. The Morgan fingerprint density at radius 3 is 2.55 bits per heavy atom. The molecule has 172 valence electrons. The highest BCUT2D eigenvalue weighted by Crippen LogP contribution is 2.36. The number of amides is 1. The normalized spacial score (nSPS) is 15.7. The monoisotopic (exact) mass is 448 g/mol. The number of aromatic amines is 1. The first kappa shape index (κ1) is 22.4. The molecule has 33 heavy (non-hydrogen) atoms. The van der Waals surface area contributed by atoms with Crippen molar-refractivity contribution in [1.82, 2.24) is 25.1 Å². The highest BCUT2D eigenvalue weighted by Gasteiger charge is 2.41. The molecule has 1 saturated heterocycles. The number of likely N-dealkylation sites (tertiary alicyclic amines) is 1. The summed E-state index contributed by atoms with van der Waals surface area (Å²) in [5, 5.41) is 12.4. The SMILES string of the molecule is CC(C)(C)OC(=O)N1CCC(Nc2cccc(C=O)c2)(c2nnc(-c3ccncc3)[nH]2)CC1. The van der Waals surface area contributed by atoms with E-state index in [9.17, 15) is 9.59 Å². The molecule has 1 aliphatic rings. The van der Waals surface area contributed by atoms with Gasteiger partial charge < -0.3 is 19.9 Å². The fraction of sp³-hybridized carbons (Fsp3) is 0.375. The predicted molar refractivity (Wildman–Crippen MR) is 124 cm³/mol. The average Bonchev–Trinajstić information content (AvgIpc) is 3.30. The number of ether oxygens (including phenoxy) is 1. The van der Waals surface area contributed by atoms with Crippen LogP contribution in [0.4, 0.5) is 10.5 Å². The second-order valence-electron chi connectivity index (χ2n) is 9.18. The number of hydrogen-bond acceptors (Lipinski definition) is 7. The van der Waals surface area contributed by atoms with E-state index in [4.69, 9.17) is 4.74 Å². The third-order valence-corrected chi connectivity index (χ3v) is 5.57. The Kier molecular flexibility index (Phi) is 6.13. The highest BCUT2D eigenvalue weighted by atomic mass is 16.6. The van der Waals surface area contributed by atoms with Crippen molar-refractivity contribution in [3.8, 4) is 11.4 Å².